The van der Waals surface area contributed by atoms with Crippen LogP contribution in [0.1, 0.15) is 11.1 Å². The minimum Gasteiger partial charge on any atom is -0.358 e. The van der Waals surface area contributed by atoms with Crippen molar-refractivity contribution in [1.82, 2.24) is 20.2 Å². The minimum absolute atomic E-state index is 0.765. The Morgan fingerprint density at radius 2 is 1.74 bits per heavy atom. The number of benzene rings is 1. The van der Waals surface area contributed by atoms with Gasteiger partial charge in [-0.1, -0.05) is 29.8 Å². The van der Waals surface area contributed by atoms with Gasteiger partial charge in [-0.15, -0.1) is 0 Å². The van der Waals surface area contributed by atoms with Crippen molar-refractivity contribution in [3.05, 3.63) is 53.9 Å². The van der Waals surface area contributed by atoms with Crippen LogP contribution in [0.4, 0.5) is 5.95 Å². The second kappa shape index (κ2) is 7.37. The Balaban J connectivity index is 1.47. The number of aryl methyl sites for hydroxylation is 1. The van der Waals surface area contributed by atoms with Gasteiger partial charge in [0.05, 0.1) is 0 Å². The fourth-order valence-corrected chi connectivity index (χ4v) is 2.81. The van der Waals surface area contributed by atoms with Crippen LogP contribution in [0.25, 0.3) is 0 Å². The van der Waals surface area contributed by atoms with Gasteiger partial charge in [-0.05, 0) is 30.8 Å². The first kappa shape index (κ1) is 15.7. The average Bonchev–Trinajstić information content (AvgIpc) is 2.62. The van der Waals surface area contributed by atoms with E-state index in [1.165, 1.54) is 11.1 Å². The van der Waals surface area contributed by atoms with Crippen LogP contribution in [0.5, 0.6) is 0 Å². The Hall–Kier alpha value is -2.21. The summed E-state index contributed by atoms with van der Waals surface area (Å²) >= 11 is 5.52. The molecule has 1 aliphatic rings. The molecule has 23 heavy (non-hydrogen) atoms. The highest BCUT2D eigenvalue weighted by Crippen LogP contribution is 2.10. The third kappa shape index (κ3) is 4.16. The number of nitrogens with one attached hydrogen (secondary N) is 1. The van der Waals surface area contributed by atoms with Crippen LogP contribution in [0.3, 0.4) is 0 Å². The van der Waals surface area contributed by atoms with Crippen molar-refractivity contribution >= 4 is 23.3 Å². The monoisotopic (exact) mass is 327 g/mol. The molecule has 1 fully saturated rings. The van der Waals surface area contributed by atoms with Crippen molar-refractivity contribution < 1.29 is 0 Å². The predicted octanol–water partition coefficient (Wildman–Crippen LogP) is 1.98. The highest BCUT2D eigenvalue weighted by atomic mass is 32.1. The fraction of sp³-hybridized carbons (Fsp3) is 0.353. The Kier molecular flexibility index (Phi) is 5.02. The van der Waals surface area contributed by atoms with Crippen molar-refractivity contribution in [3.8, 4) is 0 Å². The quantitative estimate of drug-likeness (QED) is 0.870. The van der Waals surface area contributed by atoms with Crippen LogP contribution in [-0.4, -0.2) is 46.2 Å². The van der Waals surface area contributed by atoms with E-state index in [4.69, 9.17) is 12.2 Å². The molecular weight excluding hydrogens is 306 g/mol. The maximum atomic E-state index is 5.52. The molecule has 1 N–H and O–H groups in total. The molecule has 0 atom stereocenters. The molecule has 2 heterocycles. The van der Waals surface area contributed by atoms with Gasteiger partial charge in [-0.2, -0.15) is 0 Å². The first-order valence-corrected chi connectivity index (χ1v) is 8.23. The normalized spacial score (nSPS) is 14.7. The van der Waals surface area contributed by atoms with E-state index in [0.29, 0.717) is 0 Å². The zero-order valence-electron chi connectivity index (χ0n) is 13.3. The molecule has 0 radical (unpaired) electrons. The second-order valence-corrected chi connectivity index (χ2v) is 6.05. The molecule has 0 spiro atoms. The van der Waals surface area contributed by atoms with Crippen LogP contribution in [-0.2, 0) is 6.54 Å². The van der Waals surface area contributed by atoms with Crippen LogP contribution in [0.15, 0.2) is 42.7 Å². The Labute approximate surface area is 142 Å². The molecule has 1 aliphatic heterocycles. The number of thiocarbonyl (C=S) groups is 1. The smallest absolute Gasteiger partial charge is 0.225 e. The predicted molar refractivity (Wildman–Crippen MR) is 96.4 cm³/mol. The molecule has 3 rings (SSSR count). The lowest BCUT2D eigenvalue weighted by Crippen LogP contribution is -2.52. The maximum Gasteiger partial charge on any atom is 0.225 e. The van der Waals surface area contributed by atoms with Gasteiger partial charge < -0.3 is 15.1 Å². The summed E-state index contributed by atoms with van der Waals surface area (Å²) in [4.78, 5) is 13.0. The molecule has 0 bridgehead atoms. The third-order valence-corrected chi connectivity index (χ3v) is 4.37. The third-order valence-electron chi connectivity index (χ3n) is 3.97. The molecule has 5 nitrogen and oxygen atoms in total. The molecule has 0 saturated carbocycles. The van der Waals surface area contributed by atoms with Gasteiger partial charge in [-0.3, -0.25) is 0 Å². The summed E-state index contributed by atoms with van der Waals surface area (Å²) in [5.74, 6) is 0.797. The number of rotatable bonds is 3. The van der Waals surface area contributed by atoms with E-state index in [0.717, 1.165) is 43.8 Å². The average molecular weight is 327 g/mol. The van der Waals surface area contributed by atoms with Crippen molar-refractivity contribution in [2.75, 3.05) is 31.1 Å². The summed E-state index contributed by atoms with van der Waals surface area (Å²) < 4.78 is 0. The van der Waals surface area contributed by atoms with Crippen LogP contribution in [0, 0.1) is 6.92 Å². The van der Waals surface area contributed by atoms with Crippen molar-refractivity contribution in [2.24, 2.45) is 0 Å². The molecule has 1 aromatic carbocycles. The van der Waals surface area contributed by atoms with Crippen LogP contribution in [0.2, 0.25) is 0 Å². The van der Waals surface area contributed by atoms with Gasteiger partial charge >= 0.3 is 0 Å². The summed E-state index contributed by atoms with van der Waals surface area (Å²) in [5.41, 5.74) is 2.52. The summed E-state index contributed by atoms with van der Waals surface area (Å²) in [6.45, 7) is 6.40. The molecule has 6 heteroatoms. The molecule has 0 unspecified atom stereocenters. The molecule has 0 amide bonds. The fourth-order valence-electron chi connectivity index (χ4n) is 2.56. The lowest BCUT2D eigenvalue weighted by atomic mass is 10.1. The van der Waals surface area contributed by atoms with Gasteiger partial charge in [0.1, 0.15) is 0 Å². The van der Waals surface area contributed by atoms with E-state index < -0.39 is 0 Å². The van der Waals surface area contributed by atoms with E-state index in [9.17, 15) is 0 Å². The topological polar surface area (TPSA) is 44.3 Å². The Morgan fingerprint density at radius 1 is 1.09 bits per heavy atom. The number of piperazine rings is 1. The number of anilines is 1. The molecule has 1 aromatic heterocycles. The van der Waals surface area contributed by atoms with Gasteiger partial charge in [0, 0.05) is 45.1 Å². The Morgan fingerprint density at radius 3 is 2.39 bits per heavy atom. The summed E-state index contributed by atoms with van der Waals surface area (Å²) in [7, 11) is 0. The molecule has 1 saturated heterocycles. The lowest BCUT2D eigenvalue weighted by molar-refractivity contribution is 0.377. The van der Waals surface area contributed by atoms with Gasteiger partial charge in [0.2, 0.25) is 5.95 Å². The van der Waals surface area contributed by atoms with E-state index >= 15 is 0 Å². The van der Waals surface area contributed by atoms with E-state index in [1.807, 2.05) is 6.07 Å². The van der Waals surface area contributed by atoms with E-state index in [1.54, 1.807) is 12.4 Å². The first-order valence-electron chi connectivity index (χ1n) is 7.83. The Bertz CT molecular complexity index is 636. The summed E-state index contributed by atoms with van der Waals surface area (Å²) in [5, 5.41) is 4.17. The number of nitrogens with zero attached hydrogens (tertiary/aromatic N) is 4. The van der Waals surface area contributed by atoms with E-state index in [-0.39, 0.29) is 0 Å². The van der Waals surface area contributed by atoms with Gasteiger partial charge in [0.15, 0.2) is 5.11 Å². The van der Waals surface area contributed by atoms with Crippen LogP contribution >= 0.6 is 12.2 Å². The minimum atomic E-state index is 0.765. The number of hydrogen-bond donors (Lipinski definition) is 1. The van der Waals surface area contributed by atoms with Crippen LogP contribution < -0.4 is 10.2 Å². The van der Waals surface area contributed by atoms with Crippen molar-refractivity contribution in [1.29, 1.82) is 0 Å². The molecular formula is C17H21N5S. The molecule has 0 aliphatic carbocycles. The summed E-state index contributed by atoms with van der Waals surface area (Å²) in [6.07, 6.45) is 3.56. The standard InChI is InChI=1S/C17H21N5S/c1-14-3-5-15(6-4-14)13-20-17(23)22-11-9-21(10-12-22)16-18-7-2-8-19-16/h2-8H,9-13H2,1H3,(H,20,23). The molecule has 2 aromatic rings. The largest absolute Gasteiger partial charge is 0.358 e. The van der Waals surface area contributed by atoms with Gasteiger partial charge in [0.25, 0.3) is 0 Å². The lowest BCUT2D eigenvalue weighted by Gasteiger charge is -2.36. The second-order valence-electron chi connectivity index (χ2n) is 5.67. The number of hydrogen-bond acceptors (Lipinski definition) is 4. The van der Waals surface area contributed by atoms with E-state index in [2.05, 4.69) is 56.3 Å². The zero-order valence-corrected chi connectivity index (χ0v) is 14.1. The SMILES string of the molecule is Cc1ccc(CNC(=S)N2CCN(c3ncccn3)CC2)cc1. The van der Waals surface area contributed by atoms with Crippen molar-refractivity contribution in [3.63, 3.8) is 0 Å². The van der Waals surface area contributed by atoms with Gasteiger partial charge in [-0.25, -0.2) is 9.97 Å². The van der Waals surface area contributed by atoms with Crippen molar-refractivity contribution in [2.45, 2.75) is 13.5 Å². The highest BCUT2D eigenvalue weighted by molar-refractivity contribution is 7.80. The zero-order chi connectivity index (χ0) is 16.1. The molecule has 120 valence electrons. The first-order chi connectivity index (χ1) is 11.2. The summed E-state index contributed by atoms with van der Waals surface area (Å²) in [6, 6.07) is 10.4. The number of aromatic nitrogens is 2. The highest BCUT2D eigenvalue weighted by Gasteiger charge is 2.20. The maximum absolute atomic E-state index is 5.52.